The van der Waals surface area contributed by atoms with Crippen molar-refractivity contribution < 1.29 is 8.78 Å². The Morgan fingerprint density at radius 1 is 1.43 bits per heavy atom. The van der Waals surface area contributed by atoms with Crippen molar-refractivity contribution in [1.82, 2.24) is 4.90 Å². The summed E-state index contributed by atoms with van der Waals surface area (Å²) in [5, 5.41) is 8.44. The molecule has 0 N–H and O–H groups in total. The summed E-state index contributed by atoms with van der Waals surface area (Å²) in [7, 11) is 1.59. The molecule has 1 aromatic carbocycles. The van der Waals surface area contributed by atoms with Crippen LogP contribution in [-0.2, 0) is 6.42 Å². The minimum Gasteiger partial charge on any atom is -0.313 e. The summed E-state index contributed by atoms with van der Waals surface area (Å²) >= 11 is 0. The molecule has 0 aliphatic rings. The number of nitriles is 1. The van der Waals surface area contributed by atoms with Gasteiger partial charge in [0.1, 0.15) is 11.6 Å². The second-order valence-electron chi connectivity index (χ2n) is 3.01. The van der Waals surface area contributed by atoms with E-state index in [1.165, 1.54) is 4.90 Å². The average molecular weight is 196 g/mol. The summed E-state index contributed by atoms with van der Waals surface area (Å²) in [4.78, 5) is 1.37. The predicted molar refractivity (Wildman–Crippen MR) is 48.3 cm³/mol. The molecular weight excluding hydrogens is 186 g/mol. The predicted octanol–water partition coefficient (Wildman–Crippen LogP) is 1.92. The normalized spacial score (nSPS) is 9.57. The molecule has 1 aromatic rings. The van der Waals surface area contributed by atoms with Crippen molar-refractivity contribution in [3.63, 3.8) is 0 Å². The van der Waals surface area contributed by atoms with Crippen LogP contribution in [0.2, 0.25) is 0 Å². The monoisotopic (exact) mass is 196 g/mol. The zero-order valence-electron chi connectivity index (χ0n) is 7.80. The quantitative estimate of drug-likeness (QED) is 0.545. The standard InChI is InChI=1S/C10H10F2N2/c1-14(7-13)5-4-8-6-9(11)2-3-10(8)12/h2-3,6H,4-5H2,1H3. The lowest BCUT2D eigenvalue weighted by Crippen LogP contribution is -2.15. The van der Waals surface area contributed by atoms with Crippen LogP contribution in [0, 0.1) is 23.1 Å². The maximum atomic E-state index is 13.1. The Labute approximate surface area is 81.4 Å². The van der Waals surface area contributed by atoms with Crippen molar-refractivity contribution in [2.45, 2.75) is 6.42 Å². The van der Waals surface area contributed by atoms with Crippen LogP contribution >= 0.6 is 0 Å². The smallest absolute Gasteiger partial charge is 0.179 e. The molecule has 0 fully saturated rings. The summed E-state index contributed by atoms with van der Waals surface area (Å²) in [6.07, 6.45) is 2.21. The first-order valence-electron chi connectivity index (χ1n) is 4.18. The zero-order chi connectivity index (χ0) is 10.6. The summed E-state index contributed by atoms with van der Waals surface area (Å²) in [6.45, 7) is 0.386. The second-order valence-corrected chi connectivity index (χ2v) is 3.01. The fourth-order valence-electron chi connectivity index (χ4n) is 1.07. The third-order valence-corrected chi connectivity index (χ3v) is 1.90. The van der Waals surface area contributed by atoms with Gasteiger partial charge < -0.3 is 4.90 Å². The van der Waals surface area contributed by atoms with Gasteiger partial charge >= 0.3 is 0 Å². The van der Waals surface area contributed by atoms with Gasteiger partial charge in [0.2, 0.25) is 0 Å². The third-order valence-electron chi connectivity index (χ3n) is 1.90. The Morgan fingerprint density at radius 2 is 2.14 bits per heavy atom. The molecule has 2 nitrogen and oxygen atoms in total. The second kappa shape index (κ2) is 4.56. The van der Waals surface area contributed by atoms with Crippen molar-refractivity contribution in [3.8, 4) is 6.19 Å². The molecule has 4 heteroatoms. The van der Waals surface area contributed by atoms with Gasteiger partial charge in [-0.15, -0.1) is 0 Å². The maximum Gasteiger partial charge on any atom is 0.179 e. The topological polar surface area (TPSA) is 27.0 Å². The van der Waals surface area contributed by atoms with Crippen LogP contribution in [0.15, 0.2) is 18.2 Å². The summed E-state index contributed by atoms with van der Waals surface area (Å²) in [5.41, 5.74) is 0.298. The Bertz CT molecular complexity index is 358. The number of likely N-dealkylation sites (N-methyl/N-ethyl adjacent to an activating group) is 1. The lowest BCUT2D eigenvalue weighted by Gasteiger charge is -2.08. The first-order chi connectivity index (χ1) is 6.63. The fraction of sp³-hybridized carbons (Fsp3) is 0.300. The lowest BCUT2D eigenvalue weighted by atomic mass is 10.1. The van der Waals surface area contributed by atoms with Gasteiger partial charge in [0.05, 0.1) is 0 Å². The largest absolute Gasteiger partial charge is 0.313 e. The number of benzene rings is 1. The molecule has 0 aromatic heterocycles. The van der Waals surface area contributed by atoms with Gasteiger partial charge in [0.25, 0.3) is 0 Å². The van der Waals surface area contributed by atoms with Crippen LogP contribution in [0.1, 0.15) is 5.56 Å². The molecule has 0 saturated heterocycles. The average Bonchev–Trinajstić information content (AvgIpc) is 2.19. The van der Waals surface area contributed by atoms with E-state index in [2.05, 4.69) is 0 Å². The van der Waals surface area contributed by atoms with E-state index in [1.54, 1.807) is 7.05 Å². The van der Waals surface area contributed by atoms with Crippen molar-refractivity contribution in [3.05, 3.63) is 35.4 Å². The Hall–Kier alpha value is -1.63. The highest BCUT2D eigenvalue weighted by Gasteiger charge is 2.04. The molecule has 0 saturated carbocycles. The summed E-state index contributed by atoms with van der Waals surface area (Å²) < 4.78 is 25.8. The van der Waals surface area contributed by atoms with Crippen LogP contribution in [0.3, 0.4) is 0 Å². The highest BCUT2D eigenvalue weighted by atomic mass is 19.1. The van der Waals surface area contributed by atoms with Crippen molar-refractivity contribution in [2.75, 3.05) is 13.6 Å². The molecule has 74 valence electrons. The Kier molecular flexibility index (Phi) is 3.41. The van der Waals surface area contributed by atoms with E-state index >= 15 is 0 Å². The molecule has 0 aliphatic heterocycles. The molecule has 0 heterocycles. The van der Waals surface area contributed by atoms with Gasteiger partial charge in [0, 0.05) is 13.6 Å². The van der Waals surface area contributed by atoms with E-state index in [1.807, 2.05) is 6.19 Å². The molecule has 0 unspecified atom stereocenters. The highest BCUT2D eigenvalue weighted by molar-refractivity contribution is 5.19. The number of hydrogen-bond donors (Lipinski definition) is 0. The number of hydrogen-bond acceptors (Lipinski definition) is 2. The van der Waals surface area contributed by atoms with Gasteiger partial charge in [-0.2, -0.15) is 5.26 Å². The Balaban J connectivity index is 2.67. The van der Waals surface area contributed by atoms with Gasteiger partial charge in [-0.3, -0.25) is 0 Å². The molecule has 0 aliphatic carbocycles. The highest BCUT2D eigenvalue weighted by Crippen LogP contribution is 2.10. The van der Waals surface area contributed by atoms with E-state index in [9.17, 15) is 8.78 Å². The van der Waals surface area contributed by atoms with Gasteiger partial charge in [-0.25, -0.2) is 8.78 Å². The van der Waals surface area contributed by atoms with Crippen LogP contribution in [0.4, 0.5) is 8.78 Å². The number of rotatable bonds is 3. The molecule has 0 atom stereocenters. The summed E-state index contributed by atoms with van der Waals surface area (Å²) in [6, 6.07) is 3.32. The summed E-state index contributed by atoms with van der Waals surface area (Å²) in [5.74, 6) is -0.890. The maximum absolute atomic E-state index is 13.1. The SMILES string of the molecule is CN(C#N)CCc1cc(F)ccc1F. The molecule has 0 bridgehead atoms. The first kappa shape index (κ1) is 10.5. The van der Waals surface area contributed by atoms with Crippen molar-refractivity contribution in [1.29, 1.82) is 5.26 Å². The lowest BCUT2D eigenvalue weighted by molar-refractivity contribution is 0.470. The number of halogens is 2. The molecular formula is C10H10F2N2. The van der Waals surface area contributed by atoms with Gasteiger partial charge in [-0.1, -0.05) is 0 Å². The molecule has 0 spiro atoms. The van der Waals surface area contributed by atoms with Crippen molar-refractivity contribution >= 4 is 0 Å². The molecule has 14 heavy (non-hydrogen) atoms. The zero-order valence-corrected chi connectivity index (χ0v) is 7.80. The van der Waals surface area contributed by atoms with Crippen molar-refractivity contribution in [2.24, 2.45) is 0 Å². The van der Waals surface area contributed by atoms with E-state index in [0.29, 0.717) is 18.5 Å². The van der Waals surface area contributed by atoms with Crippen LogP contribution in [0.25, 0.3) is 0 Å². The number of nitrogens with zero attached hydrogens (tertiary/aromatic N) is 2. The first-order valence-corrected chi connectivity index (χ1v) is 4.18. The molecule has 0 amide bonds. The van der Waals surface area contributed by atoms with Crippen LogP contribution in [-0.4, -0.2) is 18.5 Å². The van der Waals surface area contributed by atoms with Crippen LogP contribution < -0.4 is 0 Å². The fourth-order valence-corrected chi connectivity index (χ4v) is 1.07. The Morgan fingerprint density at radius 3 is 2.79 bits per heavy atom. The molecule has 0 radical (unpaired) electrons. The van der Waals surface area contributed by atoms with E-state index in [-0.39, 0.29) is 0 Å². The minimum atomic E-state index is -0.457. The van der Waals surface area contributed by atoms with E-state index in [4.69, 9.17) is 5.26 Å². The third kappa shape index (κ3) is 2.70. The van der Waals surface area contributed by atoms with Crippen LogP contribution in [0.5, 0.6) is 0 Å². The van der Waals surface area contributed by atoms with Gasteiger partial charge in [-0.05, 0) is 30.2 Å². The van der Waals surface area contributed by atoms with Gasteiger partial charge in [0.15, 0.2) is 6.19 Å². The minimum absolute atomic E-state index is 0.298. The molecule has 1 rings (SSSR count). The van der Waals surface area contributed by atoms with E-state index < -0.39 is 11.6 Å². The van der Waals surface area contributed by atoms with E-state index in [0.717, 1.165) is 18.2 Å².